The van der Waals surface area contributed by atoms with Crippen molar-refractivity contribution in [3.05, 3.63) is 29.6 Å². The molecule has 1 aromatic carbocycles. The summed E-state index contributed by atoms with van der Waals surface area (Å²) in [6.07, 6.45) is 1.51. The smallest absolute Gasteiger partial charge is 0.241 e. The minimum atomic E-state index is -3.79. The van der Waals surface area contributed by atoms with Gasteiger partial charge in [-0.3, -0.25) is 0 Å². The van der Waals surface area contributed by atoms with Gasteiger partial charge in [-0.15, -0.1) is 0 Å². The average Bonchev–Trinajstić information content (AvgIpc) is 2.35. The molecule has 0 spiro atoms. The first kappa shape index (κ1) is 17.6. The summed E-state index contributed by atoms with van der Waals surface area (Å²) in [5, 5.41) is 8.58. The highest BCUT2D eigenvalue weighted by atomic mass is 32.2. The first-order valence-electron chi connectivity index (χ1n) is 6.65. The quantitative estimate of drug-likeness (QED) is 0.817. The van der Waals surface area contributed by atoms with E-state index in [9.17, 15) is 12.8 Å². The molecule has 2 N–H and O–H groups in total. The fourth-order valence-corrected chi connectivity index (χ4v) is 3.45. The van der Waals surface area contributed by atoms with Gasteiger partial charge in [0, 0.05) is 5.54 Å². The number of rotatable bonds is 5. The summed E-state index contributed by atoms with van der Waals surface area (Å²) in [5.41, 5.74) is -0.546. The molecule has 0 aliphatic rings. The Bertz CT molecular complexity index is 657. The highest BCUT2D eigenvalue weighted by Gasteiger charge is 2.25. The first-order valence-corrected chi connectivity index (χ1v) is 8.13. The number of aliphatic hydroxyl groups is 1. The lowest BCUT2D eigenvalue weighted by Crippen LogP contribution is -2.43. The lowest BCUT2D eigenvalue weighted by atomic mass is 10.0. The lowest BCUT2D eigenvalue weighted by Gasteiger charge is -2.25. The van der Waals surface area contributed by atoms with Crippen LogP contribution in [0.25, 0.3) is 0 Å². The van der Waals surface area contributed by atoms with E-state index in [1.165, 1.54) is 12.1 Å². The zero-order valence-corrected chi connectivity index (χ0v) is 13.2. The van der Waals surface area contributed by atoms with Gasteiger partial charge in [-0.1, -0.05) is 25.2 Å². The normalized spacial score (nSPS) is 11.9. The summed E-state index contributed by atoms with van der Waals surface area (Å²) in [6, 6.07) is 3.53. The van der Waals surface area contributed by atoms with Gasteiger partial charge in [-0.2, -0.15) is 0 Å². The van der Waals surface area contributed by atoms with Gasteiger partial charge in [-0.25, -0.2) is 17.5 Å². The van der Waals surface area contributed by atoms with Crippen molar-refractivity contribution in [1.29, 1.82) is 0 Å². The number of benzene rings is 1. The Morgan fingerprint density at radius 1 is 1.38 bits per heavy atom. The van der Waals surface area contributed by atoms with Gasteiger partial charge >= 0.3 is 0 Å². The Morgan fingerprint density at radius 3 is 2.57 bits per heavy atom. The van der Waals surface area contributed by atoms with Gasteiger partial charge in [0.2, 0.25) is 10.0 Å². The summed E-state index contributed by atoms with van der Waals surface area (Å²) in [6.45, 7) is 5.15. The van der Waals surface area contributed by atoms with Crippen LogP contribution in [0.5, 0.6) is 0 Å². The van der Waals surface area contributed by atoms with Crippen LogP contribution in [0.15, 0.2) is 23.1 Å². The van der Waals surface area contributed by atoms with Gasteiger partial charge in [0.25, 0.3) is 0 Å². The summed E-state index contributed by atoms with van der Waals surface area (Å²) < 4.78 is 40.9. The van der Waals surface area contributed by atoms with E-state index in [4.69, 9.17) is 5.11 Å². The van der Waals surface area contributed by atoms with E-state index < -0.39 is 21.4 Å². The average molecular weight is 313 g/mol. The number of hydrogen-bond acceptors (Lipinski definition) is 3. The van der Waals surface area contributed by atoms with Gasteiger partial charge in [0.15, 0.2) is 0 Å². The zero-order valence-electron chi connectivity index (χ0n) is 12.4. The van der Waals surface area contributed by atoms with E-state index in [1.54, 1.807) is 13.8 Å². The summed E-state index contributed by atoms with van der Waals surface area (Å²) in [7, 11) is -3.79. The Balaban J connectivity index is 3.08. The highest BCUT2D eigenvalue weighted by molar-refractivity contribution is 7.89. The molecule has 6 heteroatoms. The van der Waals surface area contributed by atoms with Crippen molar-refractivity contribution in [2.45, 2.75) is 44.0 Å². The van der Waals surface area contributed by atoms with E-state index in [2.05, 4.69) is 16.6 Å². The number of aliphatic hydroxyl groups excluding tert-OH is 1. The van der Waals surface area contributed by atoms with Crippen LogP contribution < -0.4 is 4.72 Å². The molecule has 0 radical (unpaired) electrons. The molecule has 0 amide bonds. The SMILES string of the molecule is CCCC(C)(C)NS(=O)(=O)c1ccc(C#CCO)c(F)c1. The van der Waals surface area contributed by atoms with Crippen LogP contribution in [0.3, 0.4) is 0 Å². The van der Waals surface area contributed by atoms with Gasteiger partial charge in [-0.05, 0) is 38.5 Å². The number of nitrogens with one attached hydrogen (secondary N) is 1. The van der Waals surface area contributed by atoms with Crippen molar-refractivity contribution in [2.75, 3.05) is 6.61 Å². The Hall–Kier alpha value is -1.42. The number of sulfonamides is 1. The van der Waals surface area contributed by atoms with Crippen molar-refractivity contribution in [3.63, 3.8) is 0 Å². The molecule has 0 aliphatic heterocycles. The molecule has 1 rings (SSSR count). The molecule has 1 aromatic rings. The third-order valence-corrected chi connectivity index (χ3v) is 4.53. The zero-order chi connectivity index (χ0) is 16.1. The van der Waals surface area contributed by atoms with Crippen LogP contribution in [0.4, 0.5) is 4.39 Å². The molecular formula is C15H20FNO3S. The first-order chi connectivity index (χ1) is 9.72. The van der Waals surface area contributed by atoms with Crippen molar-refractivity contribution in [3.8, 4) is 11.8 Å². The fraction of sp³-hybridized carbons (Fsp3) is 0.467. The van der Waals surface area contributed by atoms with Crippen LogP contribution in [0, 0.1) is 17.7 Å². The molecule has 4 nitrogen and oxygen atoms in total. The topological polar surface area (TPSA) is 66.4 Å². The second kappa shape index (κ2) is 7.03. The molecule has 0 saturated heterocycles. The van der Waals surface area contributed by atoms with Crippen molar-refractivity contribution < 1.29 is 17.9 Å². The predicted octanol–water partition coefficient (Wildman–Crippen LogP) is 2.03. The van der Waals surface area contributed by atoms with Crippen LogP contribution in [-0.2, 0) is 10.0 Å². The Labute approximate surface area is 125 Å². The van der Waals surface area contributed by atoms with Crippen LogP contribution in [0.2, 0.25) is 0 Å². The Kier molecular flexibility index (Phi) is 5.90. The van der Waals surface area contributed by atoms with E-state index in [0.717, 1.165) is 12.5 Å². The number of halogens is 1. The minimum absolute atomic E-state index is 0.0517. The van der Waals surface area contributed by atoms with Gasteiger partial charge < -0.3 is 5.11 Å². The maximum absolute atomic E-state index is 13.8. The van der Waals surface area contributed by atoms with Gasteiger partial charge in [0.05, 0.1) is 10.5 Å². The molecule has 0 bridgehead atoms. The third-order valence-electron chi connectivity index (χ3n) is 2.84. The van der Waals surface area contributed by atoms with Crippen molar-refractivity contribution in [1.82, 2.24) is 4.72 Å². The monoisotopic (exact) mass is 313 g/mol. The summed E-state index contributed by atoms with van der Waals surface area (Å²) in [4.78, 5) is -0.140. The Morgan fingerprint density at radius 2 is 2.05 bits per heavy atom. The standard InChI is InChI=1S/C15H20FNO3S/c1-4-9-15(2,3)17-21(19,20)13-8-7-12(6-5-10-18)14(16)11-13/h7-8,11,17-18H,4,9-10H2,1-3H3. The molecule has 0 heterocycles. The molecule has 21 heavy (non-hydrogen) atoms. The molecule has 0 aromatic heterocycles. The van der Waals surface area contributed by atoms with Crippen LogP contribution >= 0.6 is 0 Å². The van der Waals surface area contributed by atoms with E-state index in [0.29, 0.717) is 6.42 Å². The second-order valence-electron chi connectivity index (χ2n) is 5.34. The maximum Gasteiger partial charge on any atom is 0.241 e. The molecular weight excluding hydrogens is 293 g/mol. The summed E-state index contributed by atoms with van der Waals surface area (Å²) in [5.74, 6) is 4.01. The largest absolute Gasteiger partial charge is 0.384 e. The molecule has 116 valence electrons. The second-order valence-corrected chi connectivity index (χ2v) is 7.02. The maximum atomic E-state index is 13.8. The molecule has 0 saturated carbocycles. The molecule has 0 fully saturated rings. The van der Waals surface area contributed by atoms with Crippen molar-refractivity contribution in [2.24, 2.45) is 0 Å². The molecule has 0 atom stereocenters. The molecule has 0 aliphatic carbocycles. The lowest BCUT2D eigenvalue weighted by molar-refractivity contribution is 0.350. The highest BCUT2D eigenvalue weighted by Crippen LogP contribution is 2.19. The van der Waals surface area contributed by atoms with Gasteiger partial charge in [0.1, 0.15) is 12.4 Å². The van der Waals surface area contributed by atoms with Crippen molar-refractivity contribution >= 4 is 10.0 Å². The predicted molar refractivity (Wildman–Crippen MR) is 79.7 cm³/mol. The fourth-order valence-electron chi connectivity index (χ4n) is 2.00. The molecule has 0 unspecified atom stereocenters. The number of hydrogen-bond donors (Lipinski definition) is 2. The van der Waals surface area contributed by atoms with E-state index >= 15 is 0 Å². The van der Waals surface area contributed by atoms with Crippen LogP contribution in [-0.4, -0.2) is 25.7 Å². The van der Waals surface area contributed by atoms with E-state index in [1.807, 2.05) is 6.92 Å². The van der Waals surface area contributed by atoms with Crippen LogP contribution in [0.1, 0.15) is 39.2 Å². The third kappa shape index (κ3) is 5.12. The van der Waals surface area contributed by atoms with E-state index in [-0.39, 0.29) is 17.1 Å². The summed E-state index contributed by atoms with van der Waals surface area (Å²) >= 11 is 0. The minimum Gasteiger partial charge on any atom is -0.384 e.